The first-order valence-electron chi connectivity index (χ1n) is 9.11. The molecule has 0 spiro atoms. The standard InChI is InChI=1S/C19H22N4O4S2.ClH/c1-26-15-4-3-13(11-16(15)27-2)22-29(24,25)18-12-14-17(28-18)5-6-21-19(14)23-9-7-20-8-10-23;/h3-6,11-12,20,22H,7-10H2,1-2H3;1H. The maximum atomic E-state index is 13.0. The molecule has 162 valence electrons. The Labute approximate surface area is 185 Å². The molecule has 3 heterocycles. The van der Waals surface area contributed by atoms with Gasteiger partial charge in [0.1, 0.15) is 10.0 Å². The highest BCUT2D eigenvalue weighted by Gasteiger charge is 2.22. The van der Waals surface area contributed by atoms with Crippen molar-refractivity contribution in [3.63, 3.8) is 0 Å². The van der Waals surface area contributed by atoms with Gasteiger partial charge in [0.25, 0.3) is 10.0 Å². The van der Waals surface area contributed by atoms with Crippen LogP contribution in [-0.2, 0) is 10.0 Å². The molecule has 0 bridgehead atoms. The second-order valence-electron chi connectivity index (χ2n) is 6.52. The van der Waals surface area contributed by atoms with Crippen molar-refractivity contribution in [2.24, 2.45) is 0 Å². The predicted octanol–water partition coefficient (Wildman–Crippen LogP) is 2.95. The SMILES string of the molecule is COc1ccc(NS(=O)(=O)c2cc3c(N4CCNCC4)nccc3s2)cc1OC.Cl. The van der Waals surface area contributed by atoms with Crippen molar-refractivity contribution in [2.45, 2.75) is 4.21 Å². The summed E-state index contributed by atoms with van der Waals surface area (Å²) in [7, 11) is -0.716. The van der Waals surface area contributed by atoms with E-state index in [0.717, 1.165) is 42.1 Å². The molecule has 0 atom stereocenters. The number of halogens is 1. The van der Waals surface area contributed by atoms with Crippen LogP contribution in [0.15, 0.2) is 40.7 Å². The molecule has 3 aromatic rings. The molecule has 0 aliphatic carbocycles. The second kappa shape index (κ2) is 9.25. The zero-order valence-corrected chi connectivity index (χ0v) is 19.0. The van der Waals surface area contributed by atoms with Crippen LogP contribution in [0.25, 0.3) is 10.1 Å². The highest BCUT2D eigenvalue weighted by Crippen LogP contribution is 2.36. The summed E-state index contributed by atoms with van der Waals surface area (Å²) < 4.78 is 40.2. The third-order valence-corrected chi connectivity index (χ3v) is 7.67. The van der Waals surface area contributed by atoms with Gasteiger partial charge in [0, 0.05) is 48.5 Å². The second-order valence-corrected chi connectivity index (χ2v) is 9.52. The molecule has 1 fully saturated rings. The lowest BCUT2D eigenvalue weighted by molar-refractivity contribution is 0.355. The van der Waals surface area contributed by atoms with E-state index in [2.05, 4.69) is 19.9 Å². The summed E-state index contributed by atoms with van der Waals surface area (Å²) in [5, 5.41) is 4.17. The number of thiophene rings is 1. The fourth-order valence-corrected chi connectivity index (χ4v) is 5.72. The number of pyridine rings is 1. The van der Waals surface area contributed by atoms with E-state index in [0.29, 0.717) is 17.2 Å². The number of rotatable bonds is 6. The Hall–Kier alpha value is -2.27. The van der Waals surface area contributed by atoms with Gasteiger partial charge in [0.05, 0.1) is 19.9 Å². The molecule has 1 saturated heterocycles. The Morgan fingerprint density at radius 2 is 1.83 bits per heavy atom. The number of piperazine rings is 1. The van der Waals surface area contributed by atoms with Gasteiger partial charge in [0.2, 0.25) is 0 Å². The maximum Gasteiger partial charge on any atom is 0.271 e. The lowest BCUT2D eigenvalue weighted by Crippen LogP contribution is -2.43. The zero-order valence-electron chi connectivity index (χ0n) is 16.5. The van der Waals surface area contributed by atoms with Crippen LogP contribution in [0.5, 0.6) is 11.5 Å². The number of benzene rings is 1. The van der Waals surface area contributed by atoms with E-state index in [-0.39, 0.29) is 16.6 Å². The van der Waals surface area contributed by atoms with Crippen LogP contribution in [-0.4, -0.2) is 53.8 Å². The van der Waals surface area contributed by atoms with Gasteiger partial charge in [-0.1, -0.05) is 0 Å². The predicted molar refractivity (Wildman–Crippen MR) is 122 cm³/mol. The molecule has 11 heteroatoms. The van der Waals surface area contributed by atoms with Crippen molar-refractivity contribution in [1.29, 1.82) is 0 Å². The number of hydrogen-bond acceptors (Lipinski definition) is 8. The summed E-state index contributed by atoms with van der Waals surface area (Å²) in [6, 6.07) is 8.44. The Balaban J connectivity index is 0.00000256. The molecule has 30 heavy (non-hydrogen) atoms. The van der Waals surface area contributed by atoms with E-state index in [1.165, 1.54) is 25.6 Å². The van der Waals surface area contributed by atoms with Crippen LogP contribution in [0.2, 0.25) is 0 Å². The first kappa shape index (κ1) is 22.4. The zero-order chi connectivity index (χ0) is 20.4. The van der Waals surface area contributed by atoms with Crippen LogP contribution in [0.3, 0.4) is 0 Å². The molecule has 8 nitrogen and oxygen atoms in total. The van der Waals surface area contributed by atoms with Crippen LogP contribution in [0.4, 0.5) is 11.5 Å². The van der Waals surface area contributed by atoms with Gasteiger partial charge in [0.15, 0.2) is 11.5 Å². The monoisotopic (exact) mass is 470 g/mol. The number of fused-ring (bicyclic) bond motifs is 1. The average Bonchev–Trinajstić information content (AvgIpc) is 3.19. The highest BCUT2D eigenvalue weighted by molar-refractivity contribution is 7.94. The Morgan fingerprint density at radius 1 is 1.10 bits per heavy atom. The van der Waals surface area contributed by atoms with Crippen molar-refractivity contribution < 1.29 is 17.9 Å². The van der Waals surface area contributed by atoms with Gasteiger partial charge in [-0.25, -0.2) is 13.4 Å². The van der Waals surface area contributed by atoms with Gasteiger partial charge >= 0.3 is 0 Å². The molecular weight excluding hydrogens is 448 g/mol. The van der Waals surface area contributed by atoms with Crippen molar-refractivity contribution in [1.82, 2.24) is 10.3 Å². The number of aromatic nitrogens is 1. The summed E-state index contributed by atoms with van der Waals surface area (Å²) >= 11 is 1.23. The topological polar surface area (TPSA) is 92.8 Å². The number of nitrogens with one attached hydrogen (secondary N) is 2. The fourth-order valence-electron chi connectivity index (χ4n) is 3.29. The number of hydrogen-bond donors (Lipinski definition) is 2. The number of sulfonamides is 1. The summed E-state index contributed by atoms with van der Waals surface area (Å²) in [5.41, 5.74) is 0.403. The van der Waals surface area contributed by atoms with E-state index >= 15 is 0 Å². The number of ether oxygens (including phenoxy) is 2. The van der Waals surface area contributed by atoms with Gasteiger partial charge in [-0.3, -0.25) is 4.72 Å². The molecule has 2 N–H and O–H groups in total. The molecule has 1 aliphatic rings. The lowest BCUT2D eigenvalue weighted by atomic mass is 10.2. The van der Waals surface area contributed by atoms with Crippen molar-refractivity contribution in [2.75, 3.05) is 50.0 Å². The molecule has 2 aromatic heterocycles. The largest absolute Gasteiger partial charge is 0.493 e. The minimum atomic E-state index is -3.75. The van der Waals surface area contributed by atoms with E-state index in [1.54, 1.807) is 30.5 Å². The number of anilines is 2. The first-order valence-corrected chi connectivity index (χ1v) is 11.4. The van der Waals surface area contributed by atoms with Gasteiger partial charge < -0.3 is 19.7 Å². The Morgan fingerprint density at radius 3 is 2.53 bits per heavy atom. The third kappa shape index (κ3) is 4.41. The fraction of sp³-hybridized carbons (Fsp3) is 0.316. The minimum Gasteiger partial charge on any atom is -0.493 e. The quantitative estimate of drug-likeness (QED) is 0.572. The third-order valence-electron chi connectivity index (χ3n) is 4.72. The highest BCUT2D eigenvalue weighted by atomic mass is 35.5. The van der Waals surface area contributed by atoms with Crippen LogP contribution in [0.1, 0.15) is 0 Å². The van der Waals surface area contributed by atoms with E-state index in [4.69, 9.17) is 9.47 Å². The maximum absolute atomic E-state index is 13.0. The van der Waals surface area contributed by atoms with E-state index in [9.17, 15) is 8.42 Å². The molecular formula is C19H23ClN4O4S2. The molecule has 0 amide bonds. The van der Waals surface area contributed by atoms with Crippen LogP contribution >= 0.6 is 23.7 Å². The van der Waals surface area contributed by atoms with Crippen LogP contribution < -0.4 is 24.4 Å². The molecule has 0 radical (unpaired) electrons. The number of nitrogens with zero attached hydrogens (tertiary/aromatic N) is 2. The smallest absolute Gasteiger partial charge is 0.271 e. The van der Waals surface area contributed by atoms with E-state index < -0.39 is 10.0 Å². The normalized spacial score (nSPS) is 14.3. The lowest BCUT2D eigenvalue weighted by Gasteiger charge is -2.28. The summed E-state index contributed by atoms with van der Waals surface area (Å²) in [4.78, 5) is 6.70. The molecule has 4 rings (SSSR count). The van der Waals surface area contributed by atoms with Crippen molar-refractivity contribution >= 4 is 55.4 Å². The van der Waals surface area contributed by atoms with Crippen molar-refractivity contribution in [3.8, 4) is 11.5 Å². The Kier molecular flexibility index (Phi) is 6.91. The average molecular weight is 471 g/mol. The van der Waals surface area contributed by atoms with Crippen LogP contribution in [0, 0.1) is 0 Å². The Bertz CT molecular complexity index is 1130. The summed E-state index contributed by atoms with van der Waals surface area (Å²) in [5.74, 6) is 1.81. The summed E-state index contributed by atoms with van der Waals surface area (Å²) in [6.07, 6.45) is 1.73. The summed E-state index contributed by atoms with van der Waals surface area (Å²) in [6.45, 7) is 3.45. The van der Waals surface area contributed by atoms with Gasteiger partial charge in [-0.2, -0.15) is 0 Å². The molecule has 0 saturated carbocycles. The van der Waals surface area contributed by atoms with Crippen molar-refractivity contribution in [3.05, 3.63) is 36.5 Å². The van der Waals surface area contributed by atoms with Gasteiger partial charge in [-0.05, 0) is 24.3 Å². The molecule has 1 aliphatic heterocycles. The van der Waals surface area contributed by atoms with E-state index in [1.807, 2.05) is 6.07 Å². The molecule has 1 aromatic carbocycles. The molecule has 0 unspecified atom stereocenters. The number of methoxy groups -OCH3 is 2. The minimum absolute atomic E-state index is 0. The first-order chi connectivity index (χ1) is 14.0. The van der Waals surface area contributed by atoms with Gasteiger partial charge in [-0.15, -0.1) is 23.7 Å².